The SMILES string of the molecule is CCC(=O)N1CCc2cc(S(=O)(=O)CCC(=O)Nc3c(C)cc(C)cc3C)ccc21. The van der Waals surface area contributed by atoms with Gasteiger partial charge in [-0.05, 0) is 62.1 Å². The van der Waals surface area contributed by atoms with Crippen LogP contribution < -0.4 is 10.2 Å². The minimum atomic E-state index is -3.60. The number of fused-ring (bicyclic) bond motifs is 1. The van der Waals surface area contributed by atoms with Gasteiger partial charge in [0.15, 0.2) is 9.84 Å². The van der Waals surface area contributed by atoms with E-state index in [0.717, 1.165) is 33.6 Å². The molecular weight excluding hydrogens is 400 g/mol. The fourth-order valence-electron chi connectivity index (χ4n) is 3.95. The number of amides is 2. The summed E-state index contributed by atoms with van der Waals surface area (Å²) >= 11 is 0. The lowest BCUT2D eigenvalue weighted by Gasteiger charge is -2.16. The highest BCUT2D eigenvalue weighted by atomic mass is 32.2. The highest BCUT2D eigenvalue weighted by Gasteiger charge is 2.26. The minimum Gasteiger partial charge on any atom is -0.326 e. The molecule has 1 aliphatic rings. The average Bonchev–Trinajstić information content (AvgIpc) is 3.12. The smallest absolute Gasteiger partial charge is 0.226 e. The van der Waals surface area contributed by atoms with Crippen molar-refractivity contribution >= 4 is 33.0 Å². The van der Waals surface area contributed by atoms with Gasteiger partial charge in [-0.25, -0.2) is 8.42 Å². The summed E-state index contributed by atoms with van der Waals surface area (Å²) in [5.74, 6) is -0.559. The van der Waals surface area contributed by atoms with Gasteiger partial charge in [0.25, 0.3) is 0 Å². The lowest BCUT2D eigenvalue weighted by atomic mass is 10.1. The third-order valence-electron chi connectivity index (χ3n) is 5.45. The molecular formula is C23H28N2O4S. The van der Waals surface area contributed by atoms with Crippen LogP contribution in [-0.2, 0) is 25.8 Å². The van der Waals surface area contributed by atoms with Gasteiger partial charge in [0.05, 0.1) is 10.6 Å². The highest BCUT2D eigenvalue weighted by molar-refractivity contribution is 7.91. The number of benzene rings is 2. The molecule has 3 rings (SSSR count). The van der Waals surface area contributed by atoms with Gasteiger partial charge in [0.1, 0.15) is 0 Å². The van der Waals surface area contributed by atoms with Crippen LogP contribution in [0.4, 0.5) is 11.4 Å². The number of rotatable bonds is 6. The van der Waals surface area contributed by atoms with Crippen LogP contribution in [0.25, 0.3) is 0 Å². The van der Waals surface area contributed by atoms with E-state index < -0.39 is 9.84 Å². The van der Waals surface area contributed by atoms with Gasteiger partial charge in [-0.3, -0.25) is 9.59 Å². The third-order valence-corrected chi connectivity index (χ3v) is 7.16. The lowest BCUT2D eigenvalue weighted by Crippen LogP contribution is -2.27. The molecule has 1 heterocycles. The van der Waals surface area contributed by atoms with Gasteiger partial charge in [-0.2, -0.15) is 0 Å². The average molecular weight is 429 g/mol. The van der Waals surface area contributed by atoms with Crippen molar-refractivity contribution < 1.29 is 18.0 Å². The van der Waals surface area contributed by atoms with Gasteiger partial charge in [-0.15, -0.1) is 0 Å². The van der Waals surface area contributed by atoms with Crippen molar-refractivity contribution in [2.75, 3.05) is 22.5 Å². The molecule has 0 aliphatic carbocycles. The summed E-state index contributed by atoms with van der Waals surface area (Å²) in [5.41, 5.74) is 5.39. The molecule has 160 valence electrons. The van der Waals surface area contributed by atoms with Gasteiger partial charge in [0, 0.05) is 30.8 Å². The Bertz CT molecular complexity index is 1080. The van der Waals surface area contributed by atoms with E-state index in [0.29, 0.717) is 19.4 Å². The molecule has 0 radical (unpaired) electrons. The maximum atomic E-state index is 12.8. The van der Waals surface area contributed by atoms with E-state index in [1.807, 2.05) is 39.8 Å². The second-order valence-corrected chi connectivity index (χ2v) is 9.94. The molecule has 2 amide bonds. The molecule has 0 fully saturated rings. The Kier molecular flexibility index (Phi) is 6.31. The van der Waals surface area contributed by atoms with E-state index in [2.05, 4.69) is 5.32 Å². The van der Waals surface area contributed by atoms with Gasteiger partial charge in [-0.1, -0.05) is 24.6 Å². The van der Waals surface area contributed by atoms with Gasteiger partial charge >= 0.3 is 0 Å². The van der Waals surface area contributed by atoms with Crippen molar-refractivity contribution in [3.63, 3.8) is 0 Å². The van der Waals surface area contributed by atoms with Crippen molar-refractivity contribution in [1.82, 2.24) is 0 Å². The predicted molar refractivity (Wildman–Crippen MR) is 119 cm³/mol. The maximum absolute atomic E-state index is 12.8. The second kappa shape index (κ2) is 8.60. The molecule has 0 unspecified atom stereocenters. The summed E-state index contributed by atoms with van der Waals surface area (Å²) in [5, 5.41) is 2.85. The van der Waals surface area contributed by atoms with Crippen LogP contribution in [0.1, 0.15) is 42.0 Å². The number of nitrogens with one attached hydrogen (secondary N) is 1. The Morgan fingerprint density at radius 3 is 2.37 bits per heavy atom. The number of anilines is 2. The molecule has 7 heteroatoms. The number of carbonyl (C=O) groups excluding carboxylic acids is 2. The molecule has 30 heavy (non-hydrogen) atoms. The van der Waals surface area contributed by atoms with Crippen LogP contribution in [0.3, 0.4) is 0 Å². The monoisotopic (exact) mass is 428 g/mol. The molecule has 0 saturated carbocycles. The molecule has 2 aromatic rings. The first kappa shape index (κ1) is 22.0. The first-order valence-electron chi connectivity index (χ1n) is 10.2. The Morgan fingerprint density at radius 2 is 1.73 bits per heavy atom. The van der Waals surface area contributed by atoms with Crippen LogP contribution in [0, 0.1) is 20.8 Å². The van der Waals surface area contributed by atoms with E-state index >= 15 is 0 Å². The van der Waals surface area contributed by atoms with E-state index in [1.165, 1.54) is 6.07 Å². The highest BCUT2D eigenvalue weighted by Crippen LogP contribution is 2.31. The molecule has 2 aromatic carbocycles. The molecule has 0 atom stereocenters. The number of hydrogen-bond donors (Lipinski definition) is 1. The number of aryl methyl sites for hydroxylation is 3. The zero-order chi connectivity index (χ0) is 22.1. The van der Waals surface area contributed by atoms with E-state index in [4.69, 9.17) is 0 Å². The Labute approximate surface area is 178 Å². The predicted octanol–water partition coefficient (Wildman–Crippen LogP) is 3.71. The quantitative estimate of drug-likeness (QED) is 0.760. The van der Waals surface area contributed by atoms with Crippen LogP contribution in [0.2, 0.25) is 0 Å². The van der Waals surface area contributed by atoms with Crippen LogP contribution in [0.15, 0.2) is 35.2 Å². The zero-order valence-corrected chi connectivity index (χ0v) is 18.7. The fraction of sp³-hybridized carbons (Fsp3) is 0.391. The molecule has 1 N–H and O–H groups in total. The second-order valence-electron chi connectivity index (χ2n) is 7.83. The van der Waals surface area contributed by atoms with E-state index in [-0.39, 0.29) is 28.9 Å². The number of hydrogen-bond acceptors (Lipinski definition) is 4. The third kappa shape index (κ3) is 4.56. The molecule has 0 saturated heterocycles. The summed E-state index contributed by atoms with van der Waals surface area (Å²) in [6.45, 7) is 8.21. The minimum absolute atomic E-state index is 0.0303. The van der Waals surface area contributed by atoms with Crippen LogP contribution in [-0.4, -0.2) is 32.5 Å². The summed E-state index contributed by atoms with van der Waals surface area (Å²) in [4.78, 5) is 26.3. The molecule has 6 nitrogen and oxygen atoms in total. The van der Waals surface area contributed by atoms with Crippen LogP contribution >= 0.6 is 0 Å². The van der Waals surface area contributed by atoms with Gasteiger partial charge < -0.3 is 10.2 Å². The van der Waals surface area contributed by atoms with E-state index in [9.17, 15) is 18.0 Å². The maximum Gasteiger partial charge on any atom is 0.226 e. The summed E-state index contributed by atoms with van der Waals surface area (Å²) in [7, 11) is -3.60. The fourth-order valence-corrected chi connectivity index (χ4v) is 5.23. The first-order chi connectivity index (χ1) is 14.1. The topological polar surface area (TPSA) is 83.6 Å². The summed E-state index contributed by atoms with van der Waals surface area (Å²) in [6.07, 6.45) is 0.929. The Balaban J connectivity index is 1.69. The zero-order valence-electron chi connectivity index (χ0n) is 17.9. The molecule has 1 aliphatic heterocycles. The van der Waals surface area contributed by atoms with Crippen molar-refractivity contribution in [3.05, 3.63) is 52.6 Å². The van der Waals surface area contributed by atoms with Crippen molar-refractivity contribution in [1.29, 1.82) is 0 Å². The van der Waals surface area contributed by atoms with E-state index in [1.54, 1.807) is 17.0 Å². The number of sulfone groups is 1. The molecule has 0 spiro atoms. The Hall–Kier alpha value is -2.67. The number of carbonyl (C=O) groups is 2. The normalized spacial score (nSPS) is 13.3. The summed E-state index contributed by atoms with van der Waals surface area (Å²) < 4.78 is 25.6. The largest absolute Gasteiger partial charge is 0.326 e. The number of nitrogens with zero attached hydrogens (tertiary/aromatic N) is 1. The van der Waals surface area contributed by atoms with Crippen molar-refractivity contribution in [2.45, 2.75) is 51.9 Å². The van der Waals surface area contributed by atoms with Crippen molar-refractivity contribution in [2.24, 2.45) is 0 Å². The standard InChI is InChI=1S/C23H28N2O4S/c1-5-22(27)25-10-8-18-14-19(6-7-20(18)25)30(28,29)11-9-21(26)24-23-16(3)12-15(2)13-17(23)4/h6-7,12-14H,5,8-11H2,1-4H3,(H,24,26). The molecule has 0 bridgehead atoms. The lowest BCUT2D eigenvalue weighted by molar-refractivity contribution is -0.118. The van der Waals surface area contributed by atoms with Gasteiger partial charge in [0.2, 0.25) is 11.8 Å². The van der Waals surface area contributed by atoms with Crippen molar-refractivity contribution in [3.8, 4) is 0 Å². The summed E-state index contributed by atoms with van der Waals surface area (Å²) in [6, 6.07) is 8.83. The molecule has 0 aromatic heterocycles. The van der Waals surface area contributed by atoms with Crippen LogP contribution in [0.5, 0.6) is 0 Å². The first-order valence-corrected chi connectivity index (χ1v) is 11.8. The Morgan fingerprint density at radius 1 is 1.07 bits per heavy atom.